The van der Waals surface area contributed by atoms with Gasteiger partial charge in [0.25, 0.3) is 11.5 Å². The summed E-state index contributed by atoms with van der Waals surface area (Å²) in [6, 6.07) is 15.1. The summed E-state index contributed by atoms with van der Waals surface area (Å²) in [7, 11) is 2.98. The van der Waals surface area contributed by atoms with Crippen molar-refractivity contribution in [2.75, 3.05) is 19.5 Å². The van der Waals surface area contributed by atoms with Gasteiger partial charge in [0.2, 0.25) is 5.91 Å². The average Bonchev–Trinajstić information content (AvgIpc) is 2.88. The van der Waals surface area contributed by atoms with Crippen LogP contribution in [0.2, 0.25) is 0 Å². The van der Waals surface area contributed by atoms with Crippen LogP contribution in [0.25, 0.3) is 16.9 Å². The van der Waals surface area contributed by atoms with Crippen LogP contribution in [0.15, 0.2) is 71.8 Å². The Hall–Kier alpha value is -5.19. The second-order valence-corrected chi connectivity index (χ2v) is 7.72. The Balaban J connectivity index is 1.73. The fourth-order valence-electron chi connectivity index (χ4n) is 3.60. The zero-order valence-corrected chi connectivity index (χ0v) is 20.2. The van der Waals surface area contributed by atoms with Crippen LogP contribution >= 0.6 is 0 Å². The van der Waals surface area contributed by atoms with Gasteiger partial charge in [-0.25, -0.2) is 9.97 Å². The van der Waals surface area contributed by atoms with Crippen LogP contribution in [0.1, 0.15) is 17.4 Å². The van der Waals surface area contributed by atoms with Crippen LogP contribution < -0.4 is 30.8 Å². The molecule has 0 spiro atoms. The average molecular weight is 501 g/mol. The third-order valence-corrected chi connectivity index (χ3v) is 5.24. The topological polar surface area (TPSA) is 148 Å². The molecule has 0 aliphatic heterocycles. The number of hydrogen-bond donors (Lipinski definition) is 2. The van der Waals surface area contributed by atoms with E-state index in [0.29, 0.717) is 45.8 Å². The van der Waals surface area contributed by atoms with E-state index >= 15 is 0 Å². The van der Waals surface area contributed by atoms with Crippen molar-refractivity contribution >= 4 is 17.6 Å². The molecular weight excluding hydrogens is 478 g/mol. The Morgan fingerprint density at radius 3 is 2.30 bits per heavy atom. The molecule has 188 valence electrons. The molecule has 11 nitrogen and oxygen atoms in total. The van der Waals surface area contributed by atoms with Gasteiger partial charge < -0.3 is 25.3 Å². The Labute approximate surface area is 211 Å². The van der Waals surface area contributed by atoms with Crippen LogP contribution in [-0.4, -0.2) is 40.6 Å². The number of methoxy groups -OCH3 is 2. The summed E-state index contributed by atoms with van der Waals surface area (Å²) in [5.41, 5.74) is 5.75. The molecule has 4 rings (SSSR count). The predicted octanol–water partition coefficient (Wildman–Crippen LogP) is 3.16. The van der Waals surface area contributed by atoms with Crippen molar-refractivity contribution in [3.63, 3.8) is 0 Å². The molecule has 11 heteroatoms. The van der Waals surface area contributed by atoms with Gasteiger partial charge in [0.05, 0.1) is 31.8 Å². The Kier molecular flexibility index (Phi) is 7.14. The maximum absolute atomic E-state index is 13.2. The smallest absolute Gasteiger partial charge is 0.287 e. The number of nitrogens with zero attached hydrogens (tertiary/aromatic N) is 3. The molecule has 0 aliphatic carbocycles. The first kappa shape index (κ1) is 24.9. The van der Waals surface area contributed by atoms with Crippen molar-refractivity contribution in [1.82, 2.24) is 14.5 Å². The lowest BCUT2D eigenvalue weighted by Crippen LogP contribution is -2.31. The Bertz CT molecular complexity index is 1530. The number of primary amides is 1. The maximum atomic E-state index is 13.2. The summed E-state index contributed by atoms with van der Waals surface area (Å²) in [5.74, 6) is 1.03. The highest BCUT2D eigenvalue weighted by Crippen LogP contribution is 2.31. The minimum atomic E-state index is -0.939. The van der Waals surface area contributed by atoms with Crippen molar-refractivity contribution in [2.24, 2.45) is 5.73 Å². The van der Waals surface area contributed by atoms with Crippen molar-refractivity contribution in [3.8, 4) is 39.9 Å². The summed E-state index contributed by atoms with van der Waals surface area (Å²) in [4.78, 5) is 44.4. The summed E-state index contributed by atoms with van der Waals surface area (Å²) in [6.45, 7) is 1.39. The molecule has 0 aliphatic rings. The number of carbonyl (C=O) groups is 2. The molecule has 2 heterocycles. The zero-order chi connectivity index (χ0) is 26.5. The number of nitrogens with one attached hydrogen (secondary N) is 1. The third-order valence-electron chi connectivity index (χ3n) is 5.24. The molecule has 0 bridgehead atoms. The van der Waals surface area contributed by atoms with Gasteiger partial charge in [-0.15, -0.1) is 0 Å². The molecular formula is C26H23N5O6. The summed E-state index contributed by atoms with van der Waals surface area (Å²) >= 11 is 0. The molecule has 37 heavy (non-hydrogen) atoms. The van der Waals surface area contributed by atoms with Crippen LogP contribution in [0.5, 0.6) is 23.0 Å². The third kappa shape index (κ3) is 5.40. The summed E-state index contributed by atoms with van der Waals surface area (Å²) < 4.78 is 17.9. The first-order valence-corrected chi connectivity index (χ1v) is 11.0. The normalized spacial score (nSPS) is 10.5. The molecule has 0 atom stereocenters. The number of carbonyl (C=O) groups excluding carboxylic acids is 2. The molecule has 2 aromatic carbocycles. The Morgan fingerprint density at radius 1 is 0.919 bits per heavy atom. The summed E-state index contributed by atoms with van der Waals surface area (Å²) in [5, 5.41) is 2.60. The fourth-order valence-corrected chi connectivity index (χ4v) is 3.60. The van der Waals surface area contributed by atoms with Gasteiger partial charge in [-0.3, -0.25) is 19.0 Å². The van der Waals surface area contributed by atoms with E-state index in [1.165, 1.54) is 38.1 Å². The van der Waals surface area contributed by atoms with E-state index in [-0.39, 0.29) is 5.91 Å². The van der Waals surface area contributed by atoms with E-state index in [4.69, 9.17) is 19.9 Å². The van der Waals surface area contributed by atoms with E-state index in [2.05, 4.69) is 15.3 Å². The van der Waals surface area contributed by atoms with E-state index < -0.39 is 17.2 Å². The zero-order valence-electron chi connectivity index (χ0n) is 20.2. The van der Waals surface area contributed by atoms with Crippen molar-refractivity contribution < 1.29 is 23.8 Å². The van der Waals surface area contributed by atoms with Gasteiger partial charge in [-0.2, -0.15) is 0 Å². The maximum Gasteiger partial charge on any atom is 0.287 e. The van der Waals surface area contributed by atoms with E-state index in [9.17, 15) is 14.4 Å². The standard InChI is InChI=1S/C26H23N5O6/c1-15(32)30-23-13-19(10-11-28-23)37-18-7-4-16(5-8-18)20-14-29-24(25(27)33)26(34)31(20)17-6-9-21(35-2)22(12-17)36-3/h4-14H,1-3H3,(H2,27,33)(H,28,30,32). The second-order valence-electron chi connectivity index (χ2n) is 7.72. The quantitative estimate of drug-likeness (QED) is 0.374. The largest absolute Gasteiger partial charge is 0.493 e. The lowest BCUT2D eigenvalue weighted by Gasteiger charge is -2.16. The fraction of sp³-hybridized carbons (Fsp3) is 0.115. The first-order valence-electron chi connectivity index (χ1n) is 11.0. The molecule has 4 aromatic rings. The van der Waals surface area contributed by atoms with Gasteiger partial charge in [-0.1, -0.05) is 0 Å². The van der Waals surface area contributed by atoms with Crippen molar-refractivity contribution in [2.45, 2.75) is 6.92 Å². The second kappa shape index (κ2) is 10.6. The molecule has 2 amide bonds. The number of anilines is 1. The van der Waals surface area contributed by atoms with Gasteiger partial charge in [0.15, 0.2) is 17.2 Å². The van der Waals surface area contributed by atoms with Crippen molar-refractivity contribution in [3.05, 3.63) is 83.0 Å². The van der Waals surface area contributed by atoms with E-state index in [0.717, 1.165) is 0 Å². The minimum absolute atomic E-state index is 0.245. The van der Waals surface area contributed by atoms with E-state index in [1.807, 2.05) is 0 Å². The highest BCUT2D eigenvalue weighted by atomic mass is 16.5. The monoisotopic (exact) mass is 501 g/mol. The molecule has 0 saturated carbocycles. The van der Waals surface area contributed by atoms with Crippen LogP contribution in [0, 0.1) is 0 Å². The SMILES string of the molecule is COc1ccc(-n2c(-c3ccc(Oc4ccnc(NC(C)=O)c4)cc3)cnc(C(N)=O)c2=O)cc1OC. The molecule has 2 aromatic heterocycles. The van der Waals surface area contributed by atoms with Crippen LogP contribution in [0.4, 0.5) is 5.82 Å². The van der Waals surface area contributed by atoms with Crippen molar-refractivity contribution in [1.29, 1.82) is 0 Å². The van der Waals surface area contributed by atoms with Crippen LogP contribution in [0.3, 0.4) is 0 Å². The number of ether oxygens (including phenoxy) is 3. The van der Waals surface area contributed by atoms with Gasteiger partial charge in [0, 0.05) is 30.8 Å². The predicted molar refractivity (Wildman–Crippen MR) is 136 cm³/mol. The van der Waals surface area contributed by atoms with Crippen LogP contribution in [-0.2, 0) is 4.79 Å². The minimum Gasteiger partial charge on any atom is -0.493 e. The number of rotatable bonds is 8. The lowest BCUT2D eigenvalue weighted by atomic mass is 10.1. The number of hydrogen-bond acceptors (Lipinski definition) is 8. The molecule has 0 fully saturated rings. The number of pyridine rings is 1. The number of amides is 2. The molecule has 0 unspecified atom stereocenters. The van der Waals surface area contributed by atoms with E-state index in [1.54, 1.807) is 54.6 Å². The lowest BCUT2D eigenvalue weighted by molar-refractivity contribution is -0.114. The molecule has 0 radical (unpaired) electrons. The number of benzene rings is 2. The number of aromatic nitrogens is 3. The van der Waals surface area contributed by atoms with Gasteiger partial charge in [0.1, 0.15) is 17.3 Å². The molecule has 0 saturated heterocycles. The molecule has 3 N–H and O–H groups in total. The highest BCUT2D eigenvalue weighted by molar-refractivity contribution is 5.90. The van der Waals surface area contributed by atoms with Gasteiger partial charge >= 0.3 is 0 Å². The Morgan fingerprint density at radius 2 is 1.65 bits per heavy atom. The van der Waals surface area contributed by atoms with Gasteiger partial charge in [-0.05, 0) is 42.5 Å². The first-order chi connectivity index (χ1) is 17.8. The highest BCUT2D eigenvalue weighted by Gasteiger charge is 2.18. The summed E-state index contributed by atoms with van der Waals surface area (Å²) in [6.07, 6.45) is 2.92. The number of nitrogens with two attached hydrogens (primary N) is 1.